The summed E-state index contributed by atoms with van der Waals surface area (Å²) in [5.41, 5.74) is 0.196. The summed E-state index contributed by atoms with van der Waals surface area (Å²) in [5.74, 6) is -1.40. The summed E-state index contributed by atoms with van der Waals surface area (Å²) >= 11 is 0. The van der Waals surface area contributed by atoms with Gasteiger partial charge in [-0.2, -0.15) is 0 Å². The van der Waals surface area contributed by atoms with E-state index in [9.17, 15) is 18.6 Å². The average molecular weight is 381 g/mol. The third-order valence-corrected chi connectivity index (χ3v) is 5.19. The van der Waals surface area contributed by atoms with E-state index in [4.69, 9.17) is 9.47 Å². The molecule has 0 aliphatic carbocycles. The van der Waals surface area contributed by atoms with Crippen molar-refractivity contribution in [1.82, 2.24) is 4.90 Å². The van der Waals surface area contributed by atoms with Gasteiger partial charge in [0.05, 0.1) is 33.8 Å². The molecular weight excluding hydrogens is 358 g/mol. The highest BCUT2D eigenvalue weighted by molar-refractivity contribution is 7.84. The average Bonchev–Trinajstić information content (AvgIpc) is 2.66. The molecule has 0 bridgehead atoms. The first kappa shape index (κ1) is 20.1. The molecule has 1 atom stereocenters. The summed E-state index contributed by atoms with van der Waals surface area (Å²) in [4.78, 5) is 38.1. The monoisotopic (exact) mass is 381 g/mol. The SMILES string of the molecule is CCOC(=O)C1CCN(C(=O)COC(=O)c2ccccc2[S@@](C)=O)CC1. The molecule has 2 rings (SSSR count). The number of likely N-dealkylation sites (tertiary alicyclic amines) is 1. The lowest BCUT2D eigenvalue weighted by atomic mass is 9.97. The van der Waals surface area contributed by atoms with Crippen molar-refractivity contribution in [3.05, 3.63) is 29.8 Å². The normalized spacial score (nSPS) is 16.0. The predicted molar refractivity (Wildman–Crippen MR) is 95.0 cm³/mol. The van der Waals surface area contributed by atoms with Crippen LogP contribution >= 0.6 is 0 Å². The van der Waals surface area contributed by atoms with Crippen molar-refractivity contribution in [2.45, 2.75) is 24.7 Å². The molecule has 1 aliphatic heterocycles. The predicted octanol–water partition coefficient (Wildman–Crippen LogP) is 1.38. The van der Waals surface area contributed by atoms with Crippen molar-refractivity contribution in [1.29, 1.82) is 0 Å². The quantitative estimate of drug-likeness (QED) is 0.692. The minimum atomic E-state index is -1.33. The highest BCUT2D eigenvalue weighted by Crippen LogP contribution is 2.19. The van der Waals surface area contributed by atoms with E-state index in [1.54, 1.807) is 30.0 Å². The van der Waals surface area contributed by atoms with E-state index in [2.05, 4.69) is 0 Å². The van der Waals surface area contributed by atoms with Gasteiger partial charge in [-0.15, -0.1) is 0 Å². The Morgan fingerprint density at radius 3 is 2.42 bits per heavy atom. The molecule has 1 aliphatic rings. The summed E-state index contributed by atoms with van der Waals surface area (Å²) in [5, 5.41) is 0. The number of rotatable bonds is 6. The van der Waals surface area contributed by atoms with Gasteiger partial charge in [0, 0.05) is 19.3 Å². The second-order valence-corrected chi connectivity index (χ2v) is 7.28. The molecule has 1 aromatic carbocycles. The second kappa shape index (κ2) is 9.47. The Balaban J connectivity index is 1.85. The lowest BCUT2D eigenvalue weighted by Gasteiger charge is -2.30. The highest BCUT2D eigenvalue weighted by Gasteiger charge is 2.28. The molecule has 0 saturated carbocycles. The van der Waals surface area contributed by atoms with Crippen LogP contribution in [0.1, 0.15) is 30.1 Å². The molecular formula is C18H23NO6S. The molecule has 1 aromatic rings. The first-order valence-electron chi connectivity index (χ1n) is 8.48. The number of hydrogen-bond acceptors (Lipinski definition) is 6. The fourth-order valence-corrected chi connectivity index (χ4v) is 3.54. The van der Waals surface area contributed by atoms with Gasteiger partial charge >= 0.3 is 11.9 Å². The Morgan fingerprint density at radius 2 is 1.81 bits per heavy atom. The number of carbonyl (C=O) groups excluding carboxylic acids is 3. The standard InChI is InChI=1S/C18H23NO6S/c1-3-24-17(21)13-8-10-19(11-9-13)16(20)12-25-18(22)14-6-4-5-7-15(14)26(2)23/h4-7,13H,3,8-12H2,1-2H3/t26-/m1/s1. The number of piperidine rings is 1. The van der Waals surface area contributed by atoms with Crippen molar-refractivity contribution in [2.75, 3.05) is 32.6 Å². The van der Waals surface area contributed by atoms with E-state index >= 15 is 0 Å². The molecule has 142 valence electrons. The molecule has 26 heavy (non-hydrogen) atoms. The van der Waals surface area contributed by atoms with Crippen molar-refractivity contribution < 1.29 is 28.1 Å². The molecule has 1 heterocycles. The molecule has 0 unspecified atom stereocenters. The van der Waals surface area contributed by atoms with Gasteiger partial charge in [0.2, 0.25) is 0 Å². The van der Waals surface area contributed by atoms with E-state index in [1.165, 1.54) is 12.3 Å². The molecule has 1 amide bonds. The molecule has 1 fully saturated rings. The molecule has 7 nitrogen and oxygen atoms in total. The van der Waals surface area contributed by atoms with Crippen molar-refractivity contribution in [3.8, 4) is 0 Å². The number of nitrogens with zero attached hydrogens (tertiary/aromatic N) is 1. The minimum Gasteiger partial charge on any atom is -0.466 e. The Morgan fingerprint density at radius 1 is 1.15 bits per heavy atom. The molecule has 1 saturated heterocycles. The van der Waals surface area contributed by atoms with Crippen LogP contribution in [-0.2, 0) is 29.9 Å². The van der Waals surface area contributed by atoms with Crippen molar-refractivity contribution >= 4 is 28.6 Å². The molecule has 0 radical (unpaired) electrons. The van der Waals surface area contributed by atoms with Crippen LogP contribution in [0.4, 0.5) is 0 Å². The van der Waals surface area contributed by atoms with E-state index in [0.717, 1.165) is 0 Å². The molecule has 0 aromatic heterocycles. The Bertz CT molecular complexity index is 697. The van der Waals surface area contributed by atoms with Crippen LogP contribution < -0.4 is 0 Å². The van der Waals surface area contributed by atoms with E-state index in [0.29, 0.717) is 37.4 Å². The number of hydrogen-bond donors (Lipinski definition) is 0. The smallest absolute Gasteiger partial charge is 0.339 e. The van der Waals surface area contributed by atoms with E-state index in [1.807, 2.05) is 0 Å². The number of esters is 2. The van der Waals surface area contributed by atoms with Gasteiger partial charge in [0.1, 0.15) is 0 Å². The van der Waals surface area contributed by atoms with Gasteiger partial charge in [-0.1, -0.05) is 12.1 Å². The lowest BCUT2D eigenvalue weighted by molar-refractivity contribution is -0.151. The van der Waals surface area contributed by atoms with Crippen molar-refractivity contribution in [3.63, 3.8) is 0 Å². The fraction of sp³-hybridized carbons (Fsp3) is 0.500. The summed E-state index contributed by atoms with van der Waals surface area (Å²) in [6, 6.07) is 6.45. The Hall–Kier alpha value is -2.22. The summed E-state index contributed by atoms with van der Waals surface area (Å²) < 4.78 is 21.8. The van der Waals surface area contributed by atoms with Crippen LogP contribution in [0.2, 0.25) is 0 Å². The first-order valence-corrected chi connectivity index (χ1v) is 10.0. The van der Waals surface area contributed by atoms with Crippen molar-refractivity contribution in [2.24, 2.45) is 5.92 Å². The zero-order valence-electron chi connectivity index (χ0n) is 14.9. The van der Waals surface area contributed by atoms with Gasteiger partial charge < -0.3 is 14.4 Å². The third kappa shape index (κ3) is 5.14. The van der Waals surface area contributed by atoms with Gasteiger partial charge in [-0.25, -0.2) is 4.79 Å². The summed E-state index contributed by atoms with van der Waals surface area (Å²) in [6.45, 7) is 2.58. The zero-order chi connectivity index (χ0) is 19.1. The third-order valence-electron chi connectivity index (χ3n) is 4.21. The van der Waals surface area contributed by atoms with Crippen LogP contribution in [-0.4, -0.2) is 59.5 Å². The van der Waals surface area contributed by atoms with Crippen LogP contribution in [0, 0.1) is 5.92 Å². The fourth-order valence-electron chi connectivity index (χ4n) is 2.81. The Labute approximate surface area is 155 Å². The van der Waals surface area contributed by atoms with Crippen LogP contribution in [0.5, 0.6) is 0 Å². The van der Waals surface area contributed by atoms with Crippen LogP contribution in [0.15, 0.2) is 29.2 Å². The lowest BCUT2D eigenvalue weighted by Crippen LogP contribution is -2.42. The number of amides is 1. The number of carbonyl (C=O) groups is 3. The maximum Gasteiger partial charge on any atom is 0.339 e. The molecule has 8 heteroatoms. The van der Waals surface area contributed by atoms with E-state index in [-0.39, 0.29) is 30.0 Å². The number of benzene rings is 1. The van der Waals surface area contributed by atoms with E-state index < -0.39 is 16.8 Å². The summed E-state index contributed by atoms with van der Waals surface area (Å²) in [6.07, 6.45) is 2.55. The maximum atomic E-state index is 12.2. The van der Waals surface area contributed by atoms with Gasteiger partial charge in [0.25, 0.3) is 5.91 Å². The zero-order valence-corrected chi connectivity index (χ0v) is 15.8. The van der Waals surface area contributed by atoms with Gasteiger partial charge in [0.15, 0.2) is 6.61 Å². The first-order chi connectivity index (χ1) is 12.4. The highest BCUT2D eigenvalue weighted by atomic mass is 32.2. The largest absolute Gasteiger partial charge is 0.466 e. The van der Waals surface area contributed by atoms with Gasteiger partial charge in [-0.05, 0) is 31.9 Å². The Kier molecular flexibility index (Phi) is 7.32. The minimum absolute atomic E-state index is 0.187. The number of ether oxygens (including phenoxy) is 2. The molecule has 0 N–H and O–H groups in total. The molecule has 0 spiro atoms. The van der Waals surface area contributed by atoms with Crippen LogP contribution in [0.25, 0.3) is 0 Å². The van der Waals surface area contributed by atoms with Gasteiger partial charge in [-0.3, -0.25) is 13.8 Å². The maximum absolute atomic E-state index is 12.2. The topological polar surface area (TPSA) is 90.0 Å². The summed E-state index contributed by atoms with van der Waals surface area (Å²) in [7, 11) is -1.33. The second-order valence-electron chi connectivity index (χ2n) is 5.93. The van der Waals surface area contributed by atoms with Crippen LogP contribution in [0.3, 0.4) is 0 Å².